The molecule has 0 unspecified atom stereocenters. The minimum absolute atomic E-state index is 0.0494. The maximum Gasteiger partial charge on any atom is 0.280 e. The highest BCUT2D eigenvalue weighted by Crippen LogP contribution is 2.12. The van der Waals surface area contributed by atoms with Gasteiger partial charge in [0.1, 0.15) is 0 Å². The van der Waals surface area contributed by atoms with Crippen LogP contribution in [0.5, 0.6) is 0 Å². The van der Waals surface area contributed by atoms with Gasteiger partial charge in [-0.3, -0.25) is 4.79 Å². The Morgan fingerprint density at radius 1 is 1.43 bits per heavy atom. The second-order valence-corrected chi connectivity index (χ2v) is 3.54. The summed E-state index contributed by atoms with van der Waals surface area (Å²) in [6.45, 7) is 0.698. The first-order valence-corrected chi connectivity index (χ1v) is 4.79. The maximum atomic E-state index is 10.9. The molecule has 72 valence electrons. The Hall–Kier alpha value is -1.35. The summed E-state index contributed by atoms with van der Waals surface area (Å²) < 4.78 is 1.75. The van der Waals surface area contributed by atoms with Gasteiger partial charge in [-0.2, -0.15) is 0 Å². The molecule has 1 N–H and O–H groups in total. The normalized spacial score (nSPS) is 18.6. The molecule has 1 aliphatic rings. The van der Waals surface area contributed by atoms with Crippen molar-refractivity contribution in [2.24, 2.45) is 0 Å². The van der Waals surface area contributed by atoms with E-state index in [1.165, 1.54) is 0 Å². The summed E-state index contributed by atoms with van der Waals surface area (Å²) >= 11 is 5.97. The minimum atomic E-state index is 0.0494. The van der Waals surface area contributed by atoms with Crippen molar-refractivity contribution in [3.8, 4) is 0 Å². The van der Waals surface area contributed by atoms with E-state index >= 15 is 0 Å². The number of hydrogen-bond acceptors (Lipinski definition) is 1. The number of rotatable bonds is 1. The molecule has 0 atom stereocenters. The van der Waals surface area contributed by atoms with E-state index in [0.717, 1.165) is 5.56 Å². The van der Waals surface area contributed by atoms with Gasteiger partial charge in [0.25, 0.3) is 5.91 Å². The number of carbonyl (C=O) groups is 1. The number of carbonyl (C=O) groups excluding carboxylic acids is 1. The van der Waals surface area contributed by atoms with Gasteiger partial charge in [-0.25, -0.2) is 0 Å². The van der Waals surface area contributed by atoms with E-state index in [1.807, 2.05) is 30.5 Å². The zero-order valence-corrected chi connectivity index (χ0v) is 8.29. The van der Waals surface area contributed by atoms with Crippen LogP contribution in [0, 0.1) is 0 Å². The lowest BCUT2D eigenvalue weighted by atomic mass is 10.2. The zero-order chi connectivity index (χ0) is 9.97. The molecule has 0 radical (unpaired) electrons. The molecule has 3 nitrogen and oxygen atoms in total. The standard InChI is InChI=1S/C10H9ClN2O/c11-9-4-2-1-3-8(9)7-13-6-5-10(14)12-13/h1-4,7H,5-6H2/p+1/b13-7-. The number of nitrogens with zero attached hydrogens (tertiary/aromatic N) is 1. The molecular formula is C10H10ClN2O+. The van der Waals surface area contributed by atoms with Crippen LogP contribution in [0.3, 0.4) is 0 Å². The van der Waals surface area contributed by atoms with Crippen LogP contribution >= 0.6 is 11.6 Å². The van der Waals surface area contributed by atoms with Gasteiger partial charge in [-0.05, 0) is 12.1 Å². The highest BCUT2D eigenvalue weighted by molar-refractivity contribution is 6.32. The van der Waals surface area contributed by atoms with E-state index in [9.17, 15) is 4.79 Å². The molecule has 1 aromatic carbocycles. The van der Waals surface area contributed by atoms with Crippen molar-refractivity contribution in [3.05, 3.63) is 34.9 Å². The summed E-state index contributed by atoms with van der Waals surface area (Å²) in [5, 5.41) is 0.689. The molecule has 0 bridgehead atoms. The topological polar surface area (TPSA) is 32.1 Å². The summed E-state index contributed by atoms with van der Waals surface area (Å²) in [5.74, 6) is 0.0494. The summed E-state index contributed by atoms with van der Waals surface area (Å²) in [6.07, 6.45) is 2.38. The Balaban J connectivity index is 2.25. The van der Waals surface area contributed by atoms with Crippen LogP contribution in [-0.4, -0.2) is 23.4 Å². The fraction of sp³-hybridized carbons (Fsp3) is 0.200. The van der Waals surface area contributed by atoms with E-state index in [0.29, 0.717) is 18.0 Å². The summed E-state index contributed by atoms with van der Waals surface area (Å²) in [6, 6.07) is 7.52. The molecule has 1 fully saturated rings. The minimum Gasteiger partial charge on any atom is -0.269 e. The quantitative estimate of drug-likeness (QED) is 0.693. The Morgan fingerprint density at radius 2 is 2.21 bits per heavy atom. The second kappa shape index (κ2) is 3.80. The first-order chi connectivity index (χ1) is 6.75. The van der Waals surface area contributed by atoms with Gasteiger partial charge >= 0.3 is 0 Å². The van der Waals surface area contributed by atoms with Crippen molar-refractivity contribution >= 4 is 23.7 Å². The van der Waals surface area contributed by atoms with E-state index in [2.05, 4.69) is 5.43 Å². The number of amides is 1. The van der Waals surface area contributed by atoms with Crippen molar-refractivity contribution in [2.75, 3.05) is 6.54 Å². The molecule has 1 saturated heterocycles. The molecule has 14 heavy (non-hydrogen) atoms. The number of nitrogens with one attached hydrogen (secondary N) is 1. The third-order valence-corrected chi connectivity index (χ3v) is 2.39. The molecule has 1 aromatic rings. The third kappa shape index (κ3) is 1.93. The largest absolute Gasteiger partial charge is 0.280 e. The Kier molecular flexibility index (Phi) is 2.50. The predicted octanol–water partition coefficient (Wildman–Crippen LogP) is 1.21. The number of hydrazone groups is 1. The fourth-order valence-electron chi connectivity index (χ4n) is 1.34. The van der Waals surface area contributed by atoms with Gasteiger partial charge < -0.3 is 0 Å². The molecular weight excluding hydrogens is 200 g/mol. The predicted molar refractivity (Wildman–Crippen MR) is 54.5 cm³/mol. The average Bonchev–Trinajstić information content (AvgIpc) is 2.56. The lowest BCUT2D eigenvalue weighted by Gasteiger charge is -1.94. The Labute approximate surface area is 87.0 Å². The van der Waals surface area contributed by atoms with Gasteiger partial charge in [0, 0.05) is 0 Å². The molecule has 0 saturated carbocycles. The van der Waals surface area contributed by atoms with Gasteiger partial charge in [-0.1, -0.05) is 23.7 Å². The van der Waals surface area contributed by atoms with E-state index in [4.69, 9.17) is 11.6 Å². The van der Waals surface area contributed by atoms with Gasteiger partial charge in [-0.15, -0.1) is 10.1 Å². The molecule has 4 heteroatoms. The maximum absolute atomic E-state index is 10.9. The highest BCUT2D eigenvalue weighted by atomic mass is 35.5. The van der Waals surface area contributed by atoms with Crippen LogP contribution in [0.2, 0.25) is 5.02 Å². The van der Waals surface area contributed by atoms with E-state index in [1.54, 1.807) is 4.68 Å². The molecule has 1 aliphatic heterocycles. The molecule has 0 spiro atoms. The fourth-order valence-corrected chi connectivity index (χ4v) is 1.52. The zero-order valence-electron chi connectivity index (χ0n) is 7.53. The SMILES string of the molecule is O=C1CC/[N+](=C/c2ccccc2Cl)N1. The lowest BCUT2D eigenvalue weighted by molar-refractivity contribution is -0.553. The van der Waals surface area contributed by atoms with Crippen molar-refractivity contribution in [3.63, 3.8) is 0 Å². The number of halogens is 1. The smallest absolute Gasteiger partial charge is 0.269 e. The van der Waals surface area contributed by atoms with Gasteiger partial charge in [0.2, 0.25) is 6.21 Å². The Bertz CT molecular complexity index is 401. The first kappa shape index (κ1) is 9.21. The summed E-state index contributed by atoms with van der Waals surface area (Å²) in [4.78, 5) is 10.9. The van der Waals surface area contributed by atoms with Crippen molar-refractivity contribution in [1.82, 2.24) is 5.43 Å². The molecule has 0 aromatic heterocycles. The number of benzene rings is 1. The molecule has 1 amide bonds. The first-order valence-electron chi connectivity index (χ1n) is 4.41. The molecule has 2 rings (SSSR count). The van der Waals surface area contributed by atoms with Crippen LogP contribution in [0.25, 0.3) is 0 Å². The van der Waals surface area contributed by atoms with Crippen LogP contribution in [0.1, 0.15) is 12.0 Å². The van der Waals surface area contributed by atoms with E-state index in [-0.39, 0.29) is 5.91 Å². The Morgan fingerprint density at radius 3 is 2.86 bits per heavy atom. The van der Waals surface area contributed by atoms with Crippen molar-refractivity contribution in [1.29, 1.82) is 0 Å². The van der Waals surface area contributed by atoms with E-state index < -0.39 is 0 Å². The molecule has 1 heterocycles. The monoisotopic (exact) mass is 209 g/mol. The van der Waals surface area contributed by atoms with Gasteiger partial charge in [0.15, 0.2) is 6.54 Å². The van der Waals surface area contributed by atoms with Crippen LogP contribution in [0.15, 0.2) is 24.3 Å². The number of hydrogen-bond donors (Lipinski definition) is 1. The van der Waals surface area contributed by atoms with Crippen LogP contribution in [0.4, 0.5) is 0 Å². The van der Waals surface area contributed by atoms with Crippen LogP contribution in [-0.2, 0) is 4.79 Å². The van der Waals surface area contributed by atoms with Crippen molar-refractivity contribution in [2.45, 2.75) is 6.42 Å². The second-order valence-electron chi connectivity index (χ2n) is 3.13. The average molecular weight is 210 g/mol. The lowest BCUT2D eigenvalue weighted by Crippen LogP contribution is -2.25. The molecule has 0 aliphatic carbocycles. The van der Waals surface area contributed by atoms with Crippen LogP contribution < -0.4 is 5.43 Å². The number of hydrazine groups is 1. The van der Waals surface area contributed by atoms with Crippen molar-refractivity contribution < 1.29 is 9.48 Å². The summed E-state index contributed by atoms with van der Waals surface area (Å²) in [5.41, 5.74) is 3.62. The highest BCUT2D eigenvalue weighted by Gasteiger charge is 2.20. The third-order valence-electron chi connectivity index (χ3n) is 2.05. The summed E-state index contributed by atoms with van der Waals surface area (Å²) in [7, 11) is 0. The van der Waals surface area contributed by atoms with Gasteiger partial charge in [0.05, 0.1) is 17.0 Å².